The molecular weight excluding hydrogens is 432 g/mol. The molecule has 7 heteroatoms. The van der Waals surface area contributed by atoms with Gasteiger partial charge in [0.05, 0.1) is 7.11 Å². The largest absolute Gasteiger partial charge is 0.467 e. The number of hydrogen-bond acceptors (Lipinski definition) is 5. The lowest BCUT2D eigenvalue weighted by atomic mass is 10.00. The van der Waals surface area contributed by atoms with Crippen LogP contribution in [0.15, 0.2) is 72.8 Å². The molecule has 7 nitrogen and oxygen atoms in total. The maximum atomic E-state index is 13.0. The molecule has 0 saturated carbocycles. The zero-order chi connectivity index (χ0) is 24.5. The van der Waals surface area contributed by atoms with Crippen LogP contribution in [0.1, 0.15) is 25.0 Å². The molecule has 3 aromatic rings. The van der Waals surface area contributed by atoms with E-state index in [4.69, 9.17) is 9.47 Å². The van der Waals surface area contributed by atoms with Gasteiger partial charge in [-0.1, -0.05) is 86.6 Å². The second-order valence-electron chi connectivity index (χ2n) is 8.40. The molecule has 2 N–H and O–H groups in total. The average Bonchev–Trinajstić information content (AvgIpc) is 2.85. The van der Waals surface area contributed by atoms with Crippen molar-refractivity contribution in [1.29, 1.82) is 0 Å². The molecule has 34 heavy (non-hydrogen) atoms. The van der Waals surface area contributed by atoms with Gasteiger partial charge < -0.3 is 20.1 Å². The first-order chi connectivity index (χ1) is 16.4. The van der Waals surface area contributed by atoms with Crippen LogP contribution in [-0.4, -0.2) is 37.2 Å². The highest BCUT2D eigenvalue weighted by Gasteiger charge is 2.30. The summed E-state index contributed by atoms with van der Waals surface area (Å²) in [7, 11) is 1.28. The van der Waals surface area contributed by atoms with Crippen LogP contribution in [0.5, 0.6) is 0 Å². The molecule has 0 radical (unpaired) electrons. The molecule has 0 aromatic heterocycles. The van der Waals surface area contributed by atoms with Crippen molar-refractivity contribution < 1.29 is 23.9 Å². The Labute approximate surface area is 199 Å². The summed E-state index contributed by atoms with van der Waals surface area (Å²) >= 11 is 0. The van der Waals surface area contributed by atoms with Crippen molar-refractivity contribution in [2.45, 2.75) is 39.0 Å². The maximum Gasteiger partial charge on any atom is 0.408 e. The summed E-state index contributed by atoms with van der Waals surface area (Å²) in [6.45, 7) is 3.70. The molecule has 178 valence electrons. The minimum Gasteiger partial charge on any atom is -0.467 e. The molecule has 0 saturated heterocycles. The Balaban J connectivity index is 1.66. The van der Waals surface area contributed by atoms with Gasteiger partial charge in [-0.2, -0.15) is 0 Å². The van der Waals surface area contributed by atoms with Crippen LogP contribution in [0.3, 0.4) is 0 Å². The Hall–Kier alpha value is -3.87. The molecule has 2 atom stereocenters. The van der Waals surface area contributed by atoms with E-state index in [0.717, 1.165) is 21.9 Å². The van der Waals surface area contributed by atoms with E-state index in [2.05, 4.69) is 10.6 Å². The standard InChI is InChI=1S/C27H30N2O5/c1-18(2)24(29-27(32)34-17-19-9-5-4-6-10-19)25(30)28-23(26(31)33-3)16-20-13-14-21-11-7-8-12-22(21)15-20/h4-15,18,23-24H,16-17H2,1-3H3,(H,28,30)(H,29,32)/t23-,24+/m0/s1. The number of rotatable bonds is 9. The number of carbonyl (C=O) groups is 3. The van der Waals surface area contributed by atoms with Crippen molar-refractivity contribution >= 4 is 28.7 Å². The molecule has 0 unspecified atom stereocenters. The van der Waals surface area contributed by atoms with Gasteiger partial charge in [0.1, 0.15) is 18.7 Å². The molecule has 3 aromatic carbocycles. The first-order valence-corrected chi connectivity index (χ1v) is 11.2. The van der Waals surface area contributed by atoms with Crippen LogP contribution < -0.4 is 10.6 Å². The number of methoxy groups -OCH3 is 1. The second kappa shape index (κ2) is 11.8. The third kappa shape index (κ3) is 6.81. The first-order valence-electron chi connectivity index (χ1n) is 11.2. The van der Waals surface area contributed by atoms with E-state index in [1.54, 1.807) is 13.8 Å². The van der Waals surface area contributed by atoms with Gasteiger partial charge in [0.2, 0.25) is 5.91 Å². The Bertz CT molecular complexity index is 1130. The maximum absolute atomic E-state index is 13.0. The lowest BCUT2D eigenvalue weighted by Gasteiger charge is -2.24. The van der Waals surface area contributed by atoms with Gasteiger partial charge in [0, 0.05) is 6.42 Å². The summed E-state index contributed by atoms with van der Waals surface area (Å²) in [5.41, 5.74) is 1.72. The van der Waals surface area contributed by atoms with Crippen LogP contribution in [0.4, 0.5) is 4.79 Å². The average molecular weight is 463 g/mol. The van der Waals surface area contributed by atoms with Crippen molar-refractivity contribution in [3.8, 4) is 0 Å². The van der Waals surface area contributed by atoms with E-state index in [0.29, 0.717) is 0 Å². The van der Waals surface area contributed by atoms with Gasteiger partial charge in [0.15, 0.2) is 0 Å². The number of alkyl carbamates (subject to hydrolysis) is 1. The third-order valence-electron chi connectivity index (χ3n) is 5.49. The van der Waals surface area contributed by atoms with Gasteiger partial charge in [-0.15, -0.1) is 0 Å². The lowest BCUT2D eigenvalue weighted by molar-refractivity contribution is -0.145. The molecule has 0 aliphatic carbocycles. The van der Waals surface area contributed by atoms with Gasteiger partial charge in [-0.25, -0.2) is 9.59 Å². The topological polar surface area (TPSA) is 93.7 Å². The summed E-state index contributed by atoms with van der Waals surface area (Å²) in [5, 5.41) is 7.48. The third-order valence-corrected chi connectivity index (χ3v) is 5.49. The Kier molecular flexibility index (Phi) is 8.62. The predicted molar refractivity (Wildman–Crippen MR) is 130 cm³/mol. The predicted octanol–water partition coefficient (Wildman–Crippen LogP) is 3.99. The number of nitrogens with one attached hydrogen (secondary N) is 2. The number of ether oxygens (including phenoxy) is 2. The van der Waals surface area contributed by atoms with Crippen molar-refractivity contribution in [3.05, 3.63) is 83.9 Å². The van der Waals surface area contributed by atoms with E-state index in [9.17, 15) is 14.4 Å². The second-order valence-corrected chi connectivity index (χ2v) is 8.40. The summed E-state index contributed by atoms with van der Waals surface area (Å²) in [5.74, 6) is -1.28. The molecule has 0 aliphatic rings. The summed E-state index contributed by atoms with van der Waals surface area (Å²) in [6, 6.07) is 21.3. The van der Waals surface area contributed by atoms with E-state index in [1.807, 2.05) is 72.8 Å². The van der Waals surface area contributed by atoms with E-state index < -0.39 is 30.1 Å². The highest BCUT2D eigenvalue weighted by Crippen LogP contribution is 2.17. The van der Waals surface area contributed by atoms with Gasteiger partial charge in [-0.05, 0) is 27.8 Å². The zero-order valence-electron chi connectivity index (χ0n) is 19.6. The summed E-state index contributed by atoms with van der Waals surface area (Å²) in [4.78, 5) is 37.8. The van der Waals surface area contributed by atoms with Crippen LogP contribution in [0.25, 0.3) is 10.8 Å². The molecule has 0 fully saturated rings. The SMILES string of the molecule is COC(=O)[C@H](Cc1ccc2ccccc2c1)NC(=O)[C@H](NC(=O)OCc1ccccc1)C(C)C. The molecule has 0 bridgehead atoms. The van der Waals surface area contributed by atoms with Crippen molar-refractivity contribution in [2.24, 2.45) is 5.92 Å². The lowest BCUT2D eigenvalue weighted by Crippen LogP contribution is -2.54. The monoisotopic (exact) mass is 462 g/mol. The summed E-state index contributed by atoms with van der Waals surface area (Å²) < 4.78 is 10.2. The van der Waals surface area contributed by atoms with Crippen molar-refractivity contribution in [1.82, 2.24) is 10.6 Å². The number of carbonyl (C=O) groups excluding carboxylic acids is 3. The van der Waals surface area contributed by atoms with E-state index in [1.165, 1.54) is 7.11 Å². The summed E-state index contributed by atoms with van der Waals surface area (Å²) in [6.07, 6.45) is -0.450. The smallest absolute Gasteiger partial charge is 0.408 e. The number of fused-ring (bicyclic) bond motifs is 1. The normalized spacial score (nSPS) is 12.6. The van der Waals surface area contributed by atoms with Gasteiger partial charge in [0.25, 0.3) is 0 Å². The fraction of sp³-hybridized carbons (Fsp3) is 0.296. The number of esters is 1. The highest BCUT2D eigenvalue weighted by atomic mass is 16.5. The minimum atomic E-state index is -0.901. The molecule has 3 rings (SSSR count). The minimum absolute atomic E-state index is 0.0891. The molecule has 2 amide bonds. The fourth-order valence-electron chi connectivity index (χ4n) is 3.63. The first kappa shape index (κ1) is 24.8. The molecular formula is C27H30N2O5. The highest BCUT2D eigenvalue weighted by molar-refractivity contribution is 5.90. The quantitative estimate of drug-likeness (QED) is 0.469. The van der Waals surface area contributed by atoms with Gasteiger partial charge in [-0.3, -0.25) is 4.79 Å². The number of amides is 2. The zero-order valence-corrected chi connectivity index (χ0v) is 19.6. The Morgan fingerprint density at radius 1 is 0.824 bits per heavy atom. The molecule has 0 heterocycles. The van der Waals surface area contributed by atoms with Crippen LogP contribution in [-0.2, 0) is 32.1 Å². The number of hydrogen-bond donors (Lipinski definition) is 2. The van der Waals surface area contributed by atoms with E-state index in [-0.39, 0.29) is 18.9 Å². The van der Waals surface area contributed by atoms with Gasteiger partial charge >= 0.3 is 12.1 Å². The van der Waals surface area contributed by atoms with Crippen molar-refractivity contribution in [2.75, 3.05) is 7.11 Å². The van der Waals surface area contributed by atoms with Crippen molar-refractivity contribution in [3.63, 3.8) is 0 Å². The molecule has 0 aliphatic heterocycles. The fourth-order valence-corrected chi connectivity index (χ4v) is 3.63. The van der Waals surface area contributed by atoms with Crippen LogP contribution in [0, 0.1) is 5.92 Å². The Morgan fingerprint density at radius 3 is 2.18 bits per heavy atom. The Morgan fingerprint density at radius 2 is 1.50 bits per heavy atom. The number of benzene rings is 3. The van der Waals surface area contributed by atoms with E-state index >= 15 is 0 Å². The molecule has 0 spiro atoms. The van der Waals surface area contributed by atoms with Crippen LogP contribution in [0.2, 0.25) is 0 Å². The van der Waals surface area contributed by atoms with Crippen LogP contribution >= 0.6 is 0 Å².